The lowest BCUT2D eigenvalue weighted by Crippen LogP contribution is -2.25. The van der Waals surface area contributed by atoms with E-state index in [1.54, 1.807) is 29.3 Å². The molecule has 1 N–H and O–H groups in total. The highest BCUT2D eigenvalue weighted by atomic mass is 32.2. The van der Waals surface area contributed by atoms with E-state index in [4.69, 9.17) is 0 Å². The Morgan fingerprint density at radius 1 is 1.43 bits per heavy atom. The topological polar surface area (TPSA) is 72.2 Å². The summed E-state index contributed by atoms with van der Waals surface area (Å²) in [7, 11) is 0. The maximum Gasteiger partial charge on any atom is 0.271 e. The molecule has 6 nitrogen and oxygen atoms in total. The van der Waals surface area contributed by atoms with Gasteiger partial charge in [-0.25, -0.2) is 4.98 Å². The lowest BCUT2D eigenvalue weighted by molar-refractivity contribution is 0.0952. The molecule has 0 aliphatic heterocycles. The van der Waals surface area contributed by atoms with Gasteiger partial charge >= 0.3 is 0 Å². The van der Waals surface area contributed by atoms with Crippen LogP contribution in [0.1, 0.15) is 15.5 Å². The first-order valence-electron chi connectivity index (χ1n) is 6.37. The molecule has 0 aromatic carbocycles. The van der Waals surface area contributed by atoms with Crippen molar-refractivity contribution in [3.63, 3.8) is 0 Å². The Bertz CT molecular complexity index is 734. The number of amides is 1. The lowest BCUT2D eigenvalue weighted by atomic mass is 10.4. The van der Waals surface area contributed by atoms with Crippen LogP contribution in [0.25, 0.3) is 5.65 Å². The molecule has 3 rings (SSSR count). The molecular formula is C13H13N5OS2. The van der Waals surface area contributed by atoms with Crippen molar-refractivity contribution in [3.05, 3.63) is 41.3 Å². The van der Waals surface area contributed by atoms with Crippen molar-refractivity contribution in [2.24, 2.45) is 0 Å². The first kappa shape index (κ1) is 14.0. The minimum Gasteiger partial charge on any atom is -0.350 e. The molecule has 0 atom stereocenters. The first-order chi connectivity index (χ1) is 10.2. The van der Waals surface area contributed by atoms with E-state index in [-0.39, 0.29) is 5.91 Å². The van der Waals surface area contributed by atoms with Crippen molar-refractivity contribution < 1.29 is 4.79 Å². The van der Waals surface area contributed by atoms with Crippen LogP contribution in [0.15, 0.2) is 34.9 Å². The summed E-state index contributed by atoms with van der Waals surface area (Å²) in [5.74, 6) is 0.598. The molecule has 0 aliphatic rings. The van der Waals surface area contributed by atoms with Gasteiger partial charge in [-0.15, -0.1) is 10.2 Å². The second kappa shape index (κ2) is 6.23. The van der Waals surface area contributed by atoms with Crippen LogP contribution >= 0.6 is 23.1 Å². The van der Waals surface area contributed by atoms with Crippen molar-refractivity contribution in [2.75, 3.05) is 12.3 Å². The Balaban J connectivity index is 1.52. The number of nitrogens with zero attached hydrogens (tertiary/aromatic N) is 4. The van der Waals surface area contributed by atoms with Crippen molar-refractivity contribution in [3.8, 4) is 0 Å². The number of imidazole rings is 1. The van der Waals surface area contributed by atoms with Crippen molar-refractivity contribution >= 4 is 34.7 Å². The van der Waals surface area contributed by atoms with E-state index in [9.17, 15) is 4.79 Å². The Kier molecular flexibility index (Phi) is 4.16. The van der Waals surface area contributed by atoms with Gasteiger partial charge in [-0.2, -0.15) is 0 Å². The number of fused-ring (bicyclic) bond motifs is 1. The molecule has 8 heteroatoms. The predicted octanol–water partition coefficient (Wildman–Crippen LogP) is 2.02. The fourth-order valence-electron chi connectivity index (χ4n) is 1.77. The number of rotatable bonds is 5. The molecule has 0 radical (unpaired) electrons. The SMILES string of the molecule is Cc1nnc(SCCNC(=O)c2cn3ccccc3n2)s1. The van der Waals surface area contributed by atoms with E-state index >= 15 is 0 Å². The predicted molar refractivity (Wildman–Crippen MR) is 82.9 cm³/mol. The average molecular weight is 319 g/mol. The van der Waals surface area contributed by atoms with Gasteiger partial charge in [0, 0.05) is 24.7 Å². The first-order valence-corrected chi connectivity index (χ1v) is 8.17. The summed E-state index contributed by atoms with van der Waals surface area (Å²) in [6.45, 7) is 2.49. The molecule has 0 aliphatic carbocycles. The fraction of sp³-hybridized carbons (Fsp3) is 0.231. The van der Waals surface area contributed by atoms with Crippen LogP contribution in [0.3, 0.4) is 0 Å². The third kappa shape index (κ3) is 3.40. The number of aromatic nitrogens is 4. The maximum atomic E-state index is 12.0. The molecule has 1 amide bonds. The average Bonchev–Trinajstić information content (AvgIpc) is 3.09. The van der Waals surface area contributed by atoms with Gasteiger partial charge in [0.15, 0.2) is 4.34 Å². The molecule has 108 valence electrons. The van der Waals surface area contributed by atoms with Crippen LogP contribution in [0, 0.1) is 6.92 Å². The van der Waals surface area contributed by atoms with E-state index < -0.39 is 0 Å². The van der Waals surface area contributed by atoms with Gasteiger partial charge in [0.2, 0.25) is 0 Å². The second-order valence-corrected chi connectivity index (χ2v) is 6.81. The molecule has 0 bridgehead atoms. The number of carbonyl (C=O) groups is 1. The summed E-state index contributed by atoms with van der Waals surface area (Å²) >= 11 is 3.15. The van der Waals surface area contributed by atoms with Crippen molar-refractivity contribution in [1.82, 2.24) is 24.9 Å². The quantitative estimate of drug-likeness (QED) is 0.575. The number of aryl methyl sites for hydroxylation is 1. The number of pyridine rings is 1. The number of hydrogen-bond donors (Lipinski definition) is 1. The Hall–Kier alpha value is -1.93. The van der Waals surface area contributed by atoms with Gasteiger partial charge in [0.25, 0.3) is 5.91 Å². The minimum absolute atomic E-state index is 0.159. The Morgan fingerprint density at radius 2 is 2.33 bits per heavy atom. The van der Waals surface area contributed by atoms with Crippen LogP contribution in [0.4, 0.5) is 0 Å². The molecule has 0 spiro atoms. The Labute approximate surface area is 129 Å². The summed E-state index contributed by atoms with van der Waals surface area (Å²) in [6, 6.07) is 5.66. The van der Waals surface area contributed by atoms with E-state index in [2.05, 4.69) is 20.5 Å². The second-order valence-electron chi connectivity index (χ2n) is 4.28. The lowest BCUT2D eigenvalue weighted by Gasteiger charge is -2.00. The van der Waals surface area contributed by atoms with Crippen molar-refractivity contribution in [1.29, 1.82) is 0 Å². The number of carbonyl (C=O) groups excluding carboxylic acids is 1. The zero-order valence-electron chi connectivity index (χ0n) is 11.3. The molecule has 3 aromatic heterocycles. The Morgan fingerprint density at radius 3 is 3.10 bits per heavy atom. The van der Waals surface area contributed by atoms with Crippen LogP contribution in [0.2, 0.25) is 0 Å². The molecule has 3 aromatic rings. The molecule has 3 heterocycles. The zero-order valence-corrected chi connectivity index (χ0v) is 12.9. The van der Waals surface area contributed by atoms with Gasteiger partial charge in [-0.3, -0.25) is 4.79 Å². The number of thioether (sulfide) groups is 1. The van der Waals surface area contributed by atoms with E-state index in [1.807, 2.05) is 35.7 Å². The normalized spacial score (nSPS) is 10.9. The van der Waals surface area contributed by atoms with E-state index in [0.29, 0.717) is 12.2 Å². The van der Waals surface area contributed by atoms with Gasteiger partial charge in [0.05, 0.1) is 0 Å². The molecular weight excluding hydrogens is 306 g/mol. The smallest absolute Gasteiger partial charge is 0.271 e. The largest absolute Gasteiger partial charge is 0.350 e. The van der Waals surface area contributed by atoms with E-state index in [0.717, 1.165) is 20.7 Å². The summed E-state index contributed by atoms with van der Waals surface area (Å²) < 4.78 is 2.75. The molecule has 0 saturated carbocycles. The standard InChI is InChI=1S/C13H13N5OS2/c1-9-16-17-13(21-9)20-7-5-14-12(19)10-8-18-6-3-2-4-11(18)15-10/h2-4,6,8H,5,7H2,1H3,(H,14,19). The third-order valence-electron chi connectivity index (χ3n) is 2.72. The molecule has 0 unspecified atom stereocenters. The van der Waals surface area contributed by atoms with Gasteiger partial charge < -0.3 is 9.72 Å². The summed E-state index contributed by atoms with van der Waals surface area (Å²) in [4.78, 5) is 16.3. The third-order valence-corrected chi connectivity index (χ3v) is 4.69. The monoisotopic (exact) mass is 319 g/mol. The highest BCUT2D eigenvalue weighted by Gasteiger charge is 2.10. The van der Waals surface area contributed by atoms with Crippen LogP contribution in [0.5, 0.6) is 0 Å². The van der Waals surface area contributed by atoms with E-state index in [1.165, 1.54) is 0 Å². The van der Waals surface area contributed by atoms with Crippen LogP contribution < -0.4 is 5.32 Å². The summed E-state index contributed by atoms with van der Waals surface area (Å²) in [5, 5.41) is 11.8. The summed E-state index contributed by atoms with van der Waals surface area (Å²) in [5.41, 5.74) is 1.19. The molecule has 0 saturated heterocycles. The highest BCUT2D eigenvalue weighted by Crippen LogP contribution is 2.20. The summed E-state index contributed by atoms with van der Waals surface area (Å²) in [6.07, 6.45) is 3.60. The number of hydrogen-bond acceptors (Lipinski definition) is 6. The fourth-order valence-corrected chi connectivity index (χ4v) is 3.52. The van der Waals surface area contributed by atoms with Gasteiger partial charge in [-0.05, 0) is 19.1 Å². The molecule has 0 fully saturated rings. The molecule has 21 heavy (non-hydrogen) atoms. The van der Waals surface area contributed by atoms with Crippen LogP contribution in [-0.4, -0.2) is 37.8 Å². The highest BCUT2D eigenvalue weighted by molar-refractivity contribution is 8.01. The minimum atomic E-state index is -0.159. The van der Waals surface area contributed by atoms with Crippen LogP contribution in [-0.2, 0) is 0 Å². The van der Waals surface area contributed by atoms with Crippen molar-refractivity contribution in [2.45, 2.75) is 11.3 Å². The van der Waals surface area contributed by atoms with Gasteiger partial charge in [0.1, 0.15) is 16.3 Å². The maximum absolute atomic E-state index is 12.0. The number of nitrogens with one attached hydrogen (secondary N) is 1. The zero-order chi connectivity index (χ0) is 14.7. The van der Waals surface area contributed by atoms with Gasteiger partial charge in [-0.1, -0.05) is 29.2 Å².